The largest absolute Gasteiger partial charge is 0.0890 e. The van der Waals surface area contributed by atoms with Crippen LogP contribution in [-0.4, -0.2) is 8.07 Å². The molecule has 0 spiro atoms. The lowest BCUT2D eigenvalue weighted by Gasteiger charge is -2.43. The van der Waals surface area contributed by atoms with E-state index in [0.717, 1.165) is 16.6 Å². The van der Waals surface area contributed by atoms with Gasteiger partial charge < -0.3 is 0 Å². The lowest BCUT2D eigenvalue weighted by atomic mass is 10.3. The summed E-state index contributed by atoms with van der Waals surface area (Å²) in [6.45, 7) is 19.1. The second kappa shape index (κ2) is 5.88. The third-order valence-electron chi connectivity index (χ3n) is 4.30. The van der Waals surface area contributed by atoms with Crippen molar-refractivity contribution in [3.05, 3.63) is 11.6 Å². The summed E-state index contributed by atoms with van der Waals surface area (Å²) in [5.74, 6) is 0. The van der Waals surface area contributed by atoms with Crippen LogP contribution in [0.3, 0.4) is 0 Å². The van der Waals surface area contributed by atoms with E-state index in [2.05, 4.69) is 61.5 Å². The van der Waals surface area contributed by atoms with Gasteiger partial charge in [-0.25, -0.2) is 0 Å². The van der Waals surface area contributed by atoms with Crippen molar-refractivity contribution in [3.8, 4) is 0 Å². The summed E-state index contributed by atoms with van der Waals surface area (Å²) in [5, 5.41) is 0. The van der Waals surface area contributed by atoms with Crippen LogP contribution in [-0.2, 0) is 0 Å². The van der Waals surface area contributed by atoms with Gasteiger partial charge in [0.25, 0.3) is 0 Å². The van der Waals surface area contributed by atoms with E-state index < -0.39 is 8.07 Å². The molecule has 0 atom stereocenters. The first kappa shape index (κ1) is 15.0. The Bertz CT molecular complexity index is 190. The first-order valence-corrected chi connectivity index (χ1v) is 8.84. The van der Waals surface area contributed by atoms with E-state index in [1.165, 1.54) is 6.04 Å². The van der Waals surface area contributed by atoms with E-state index in [4.69, 9.17) is 0 Å². The lowest BCUT2D eigenvalue weighted by Crippen LogP contribution is -2.44. The van der Waals surface area contributed by atoms with Crippen LogP contribution in [0.4, 0.5) is 0 Å². The Labute approximate surface area is 98.2 Å². The van der Waals surface area contributed by atoms with Crippen molar-refractivity contribution in [1.82, 2.24) is 0 Å². The van der Waals surface area contributed by atoms with Gasteiger partial charge >= 0.3 is 0 Å². The van der Waals surface area contributed by atoms with Crippen LogP contribution in [0.15, 0.2) is 11.6 Å². The molecule has 0 amide bonds. The highest BCUT2D eigenvalue weighted by Gasteiger charge is 2.42. The number of allylic oxidation sites excluding steroid dienone is 2. The Morgan fingerprint density at radius 1 is 0.933 bits per heavy atom. The van der Waals surface area contributed by atoms with Crippen molar-refractivity contribution >= 4 is 8.07 Å². The molecule has 0 saturated carbocycles. The van der Waals surface area contributed by atoms with Crippen molar-refractivity contribution < 1.29 is 0 Å². The summed E-state index contributed by atoms with van der Waals surface area (Å²) in [7, 11) is -1.18. The van der Waals surface area contributed by atoms with Crippen LogP contribution in [0.25, 0.3) is 0 Å². The Hall–Kier alpha value is -0.0431. The fourth-order valence-corrected chi connectivity index (χ4v) is 9.59. The minimum absolute atomic E-state index is 0.882. The van der Waals surface area contributed by atoms with Crippen molar-refractivity contribution in [2.45, 2.75) is 78.1 Å². The summed E-state index contributed by atoms with van der Waals surface area (Å²) in [4.78, 5) is 0. The predicted octanol–water partition coefficient (Wildman–Crippen LogP) is 5.63. The van der Waals surface area contributed by atoms with Gasteiger partial charge in [-0.15, -0.1) is 0 Å². The molecule has 0 aromatic carbocycles. The third-order valence-corrected chi connectivity index (χ3v) is 11.9. The molecule has 0 saturated heterocycles. The highest BCUT2D eigenvalue weighted by molar-refractivity contribution is 6.84. The standard InChI is InChI=1S/C14H30Si/c1-9-14(8)10-15(11(2)3,12(4)5)13(6)7/h9,11-13H,10H2,1-8H3/b14-9+. The van der Waals surface area contributed by atoms with Crippen molar-refractivity contribution in [2.24, 2.45) is 0 Å². The predicted molar refractivity (Wildman–Crippen MR) is 75.3 cm³/mol. The number of hydrogen-bond acceptors (Lipinski definition) is 0. The van der Waals surface area contributed by atoms with Gasteiger partial charge in [-0.2, -0.15) is 0 Å². The summed E-state index contributed by atoms with van der Waals surface area (Å²) in [6.07, 6.45) is 2.30. The zero-order valence-corrected chi connectivity index (χ0v) is 13.0. The van der Waals surface area contributed by atoms with Gasteiger partial charge in [0.15, 0.2) is 0 Å². The molecule has 0 aliphatic rings. The third kappa shape index (κ3) is 3.20. The fourth-order valence-electron chi connectivity index (χ4n) is 3.20. The molecule has 0 heterocycles. The molecule has 0 bridgehead atoms. The first-order valence-electron chi connectivity index (χ1n) is 6.40. The topological polar surface area (TPSA) is 0 Å². The maximum absolute atomic E-state index is 2.44. The van der Waals surface area contributed by atoms with E-state index in [1.54, 1.807) is 5.57 Å². The van der Waals surface area contributed by atoms with E-state index in [9.17, 15) is 0 Å². The van der Waals surface area contributed by atoms with Gasteiger partial charge in [0, 0.05) is 0 Å². The fraction of sp³-hybridized carbons (Fsp3) is 0.857. The minimum Gasteiger partial charge on any atom is -0.0890 e. The second-order valence-electron chi connectivity index (χ2n) is 5.89. The van der Waals surface area contributed by atoms with Crippen LogP contribution in [0, 0.1) is 0 Å². The Kier molecular flexibility index (Phi) is 5.87. The van der Waals surface area contributed by atoms with Crippen LogP contribution >= 0.6 is 0 Å². The molecule has 0 aromatic heterocycles. The molecule has 0 rings (SSSR count). The van der Waals surface area contributed by atoms with Gasteiger partial charge in [0.2, 0.25) is 0 Å². The smallest absolute Gasteiger partial charge is 0.0652 e. The number of hydrogen-bond donors (Lipinski definition) is 0. The molecular weight excluding hydrogens is 196 g/mol. The zero-order valence-electron chi connectivity index (χ0n) is 12.0. The zero-order chi connectivity index (χ0) is 12.2. The van der Waals surface area contributed by atoms with Crippen LogP contribution in [0.1, 0.15) is 55.4 Å². The molecule has 0 aliphatic heterocycles. The molecule has 0 N–H and O–H groups in total. The molecule has 0 aromatic rings. The average Bonchev–Trinajstić information content (AvgIpc) is 2.11. The highest BCUT2D eigenvalue weighted by atomic mass is 28.3. The highest BCUT2D eigenvalue weighted by Crippen LogP contribution is 2.45. The summed E-state index contributed by atoms with van der Waals surface area (Å²) in [5.41, 5.74) is 4.24. The molecule has 15 heavy (non-hydrogen) atoms. The lowest BCUT2D eigenvalue weighted by molar-refractivity contribution is 0.805. The Morgan fingerprint density at radius 3 is 1.47 bits per heavy atom. The van der Waals surface area contributed by atoms with Gasteiger partial charge in [-0.05, 0) is 19.9 Å². The van der Waals surface area contributed by atoms with Crippen LogP contribution in [0.2, 0.25) is 22.7 Å². The van der Waals surface area contributed by atoms with E-state index in [0.29, 0.717) is 0 Å². The number of rotatable bonds is 5. The molecule has 0 radical (unpaired) electrons. The van der Waals surface area contributed by atoms with Crippen LogP contribution in [0.5, 0.6) is 0 Å². The average molecular weight is 226 g/mol. The van der Waals surface area contributed by atoms with Crippen molar-refractivity contribution in [2.75, 3.05) is 0 Å². The summed E-state index contributed by atoms with van der Waals surface area (Å²) >= 11 is 0. The Balaban J connectivity index is 5.14. The van der Waals surface area contributed by atoms with Gasteiger partial charge in [0.1, 0.15) is 0 Å². The van der Waals surface area contributed by atoms with E-state index in [1.807, 2.05) is 0 Å². The molecule has 0 fully saturated rings. The van der Waals surface area contributed by atoms with E-state index in [-0.39, 0.29) is 0 Å². The molecule has 1 heteroatoms. The maximum Gasteiger partial charge on any atom is 0.0652 e. The quantitative estimate of drug-likeness (QED) is 0.421. The summed E-state index contributed by atoms with van der Waals surface area (Å²) in [6, 6.07) is 1.39. The van der Waals surface area contributed by atoms with Crippen molar-refractivity contribution in [1.29, 1.82) is 0 Å². The second-order valence-corrected chi connectivity index (χ2v) is 11.9. The minimum atomic E-state index is -1.18. The van der Waals surface area contributed by atoms with Gasteiger partial charge in [-0.1, -0.05) is 69.8 Å². The molecule has 90 valence electrons. The van der Waals surface area contributed by atoms with Crippen LogP contribution < -0.4 is 0 Å². The first-order chi connectivity index (χ1) is 6.78. The SMILES string of the molecule is C/C=C(\C)C[Si](C(C)C)(C(C)C)C(C)C. The monoisotopic (exact) mass is 226 g/mol. The summed E-state index contributed by atoms with van der Waals surface area (Å²) < 4.78 is 0. The van der Waals surface area contributed by atoms with Crippen molar-refractivity contribution in [3.63, 3.8) is 0 Å². The van der Waals surface area contributed by atoms with E-state index >= 15 is 0 Å². The van der Waals surface area contributed by atoms with Gasteiger partial charge in [0.05, 0.1) is 8.07 Å². The molecule has 0 nitrogen and oxygen atoms in total. The normalized spacial score (nSPS) is 14.5. The molecule has 0 unspecified atom stereocenters. The maximum atomic E-state index is 2.44. The van der Waals surface area contributed by atoms with Gasteiger partial charge in [-0.3, -0.25) is 0 Å². The molecule has 0 aliphatic carbocycles. The Morgan fingerprint density at radius 2 is 1.27 bits per heavy atom. The molecular formula is C14H30Si.